The lowest BCUT2D eigenvalue weighted by atomic mass is 10.1. The highest BCUT2D eigenvalue weighted by Crippen LogP contribution is 2.30. The van der Waals surface area contributed by atoms with Gasteiger partial charge in [-0.3, -0.25) is 4.79 Å². The molecule has 11 nitrogen and oxygen atoms in total. The molecule has 0 bridgehead atoms. The average Bonchev–Trinajstić information content (AvgIpc) is 2.65. The summed E-state index contributed by atoms with van der Waals surface area (Å²) in [6.07, 6.45) is -5.08. The first-order chi connectivity index (χ1) is 14.2. The van der Waals surface area contributed by atoms with E-state index in [0.717, 1.165) is 0 Å². The van der Waals surface area contributed by atoms with E-state index in [2.05, 4.69) is 5.32 Å². The van der Waals surface area contributed by atoms with Crippen molar-refractivity contribution in [1.29, 1.82) is 0 Å². The second kappa shape index (κ2) is 8.33. The summed E-state index contributed by atoms with van der Waals surface area (Å²) >= 11 is 0. The molecular formula is C19H20N2O9. The second-order valence-electron chi connectivity index (χ2n) is 6.40. The first-order valence-corrected chi connectivity index (χ1v) is 8.77. The van der Waals surface area contributed by atoms with Crippen LogP contribution in [0.1, 0.15) is 13.8 Å². The van der Waals surface area contributed by atoms with E-state index in [-0.39, 0.29) is 28.5 Å². The number of ether oxygens (including phenoxy) is 4. The van der Waals surface area contributed by atoms with E-state index in [9.17, 15) is 19.5 Å². The largest absolute Gasteiger partial charge is 0.495 e. The van der Waals surface area contributed by atoms with Gasteiger partial charge in [-0.2, -0.15) is 0 Å². The third-order valence-corrected chi connectivity index (χ3v) is 4.23. The Labute approximate surface area is 169 Å². The smallest absolute Gasteiger partial charge is 0.405 e. The molecule has 1 aliphatic rings. The van der Waals surface area contributed by atoms with Crippen molar-refractivity contribution in [2.45, 2.75) is 32.3 Å². The summed E-state index contributed by atoms with van der Waals surface area (Å²) in [7, 11) is 1.33. The highest BCUT2D eigenvalue weighted by molar-refractivity contribution is 5.91. The van der Waals surface area contributed by atoms with E-state index >= 15 is 0 Å². The van der Waals surface area contributed by atoms with Gasteiger partial charge in [0.25, 0.3) is 6.29 Å². The Balaban J connectivity index is 1.91. The molecule has 11 heteroatoms. The van der Waals surface area contributed by atoms with E-state index in [0.29, 0.717) is 5.39 Å². The van der Waals surface area contributed by atoms with Crippen LogP contribution in [0.2, 0.25) is 0 Å². The Hall–Kier alpha value is -3.73. The predicted molar refractivity (Wildman–Crippen MR) is 102 cm³/mol. The number of carbonyl (C=O) groups excluding carboxylic acids is 2. The van der Waals surface area contributed by atoms with E-state index < -0.39 is 36.1 Å². The molecule has 0 aliphatic carbocycles. The number of methoxy groups -OCH3 is 1. The molecule has 160 valence electrons. The molecule has 0 radical (unpaired) electrons. The maximum absolute atomic E-state index is 12.0. The van der Waals surface area contributed by atoms with Crippen LogP contribution in [0.25, 0.3) is 11.0 Å². The van der Waals surface area contributed by atoms with Crippen LogP contribution in [0.5, 0.6) is 5.75 Å². The zero-order valence-electron chi connectivity index (χ0n) is 16.3. The molecule has 2 heterocycles. The van der Waals surface area contributed by atoms with Crippen molar-refractivity contribution in [3.05, 3.63) is 46.2 Å². The van der Waals surface area contributed by atoms with Crippen molar-refractivity contribution in [2.24, 2.45) is 5.73 Å². The predicted octanol–water partition coefficient (Wildman–Crippen LogP) is 1.19. The van der Waals surface area contributed by atoms with Gasteiger partial charge in [0.1, 0.15) is 22.8 Å². The summed E-state index contributed by atoms with van der Waals surface area (Å²) in [5.41, 5.74) is 4.53. The molecule has 2 aromatic rings. The summed E-state index contributed by atoms with van der Waals surface area (Å²) in [5, 5.41) is 13.4. The lowest BCUT2D eigenvalue weighted by Crippen LogP contribution is -2.50. The number of primary amides is 1. The monoisotopic (exact) mass is 420 g/mol. The van der Waals surface area contributed by atoms with E-state index in [1.54, 1.807) is 19.1 Å². The number of fused-ring (bicyclic) bond motifs is 1. The van der Waals surface area contributed by atoms with Gasteiger partial charge in [0.05, 0.1) is 7.11 Å². The fourth-order valence-corrected chi connectivity index (χ4v) is 2.99. The van der Waals surface area contributed by atoms with Crippen molar-refractivity contribution in [1.82, 2.24) is 0 Å². The van der Waals surface area contributed by atoms with Crippen molar-refractivity contribution in [2.75, 3.05) is 12.4 Å². The second-order valence-corrected chi connectivity index (χ2v) is 6.40. The summed E-state index contributed by atoms with van der Waals surface area (Å²) in [5.74, 6) is 0.0820. The van der Waals surface area contributed by atoms with Gasteiger partial charge >= 0.3 is 11.7 Å². The van der Waals surface area contributed by atoms with Crippen LogP contribution in [-0.4, -0.2) is 42.7 Å². The molecule has 0 saturated heterocycles. The van der Waals surface area contributed by atoms with Crippen LogP contribution in [0, 0.1) is 0 Å². The van der Waals surface area contributed by atoms with Crippen molar-refractivity contribution >= 4 is 28.7 Å². The molecule has 2 amide bonds. The number of aliphatic hydroxyl groups is 1. The summed E-state index contributed by atoms with van der Waals surface area (Å²) in [4.78, 5) is 34.5. The van der Waals surface area contributed by atoms with Gasteiger partial charge in [0.15, 0.2) is 11.9 Å². The maximum atomic E-state index is 12.0. The van der Waals surface area contributed by atoms with Gasteiger partial charge in [-0.05, 0) is 25.1 Å². The Morgan fingerprint density at radius 2 is 2.00 bits per heavy atom. The number of aliphatic hydroxyl groups excluding tert-OH is 1. The minimum absolute atomic E-state index is 0.00480. The normalized spacial score (nSPS) is 21.0. The molecule has 0 saturated carbocycles. The number of hydrogen-bond acceptors (Lipinski definition) is 9. The Morgan fingerprint density at radius 1 is 1.27 bits per heavy atom. The van der Waals surface area contributed by atoms with Crippen molar-refractivity contribution < 1.29 is 38.1 Å². The molecule has 3 unspecified atom stereocenters. The van der Waals surface area contributed by atoms with Crippen molar-refractivity contribution in [3.63, 3.8) is 0 Å². The first-order valence-electron chi connectivity index (χ1n) is 8.77. The van der Waals surface area contributed by atoms with Crippen LogP contribution < -0.4 is 21.4 Å². The number of rotatable bonds is 5. The number of allylic oxidation sites excluding steroid dienone is 1. The van der Waals surface area contributed by atoms with Crippen molar-refractivity contribution in [3.8, 4) is 5.75 Å². The molecular weight excluding hydrogens is 400 g/mol. The lowest BCUT2D eigenvalue weighted by molar-refractivity contribution is -0.174. The van der Waals surface area contributed by atoms with Gasteiger partial charge in [0, 0.05) is 18.4 Å². The van der Waals surface area contributed by atoms with Crippen LogP contribution >= 0.6 is 0 Å². The van der Waals surface area contributed by atoms with Crippen LogP contribution in [-0.2, 0) is 19.0 Å². The zero-order chi connectivity index (χ0) is 22.0. The summed E-state index contributed by atoms with van der Waals surface area (Å²) < 4.78 is 26.5. The molecule has 3 rings (SSSR count). The maximum Gasteiger partial charge on any atom is 0.405 e. The molecule has 1 aliphatic heterocycles. The fraction of sp³-hybridized carbons (Fsp3) is 0.316. The topological polar surface area (TPSA) is 160 Å². The number of amides is 2. The third-order valence-electron chi connectivity index (χ3n) is 4.23. The number of carbonyl (C=O) groups is 2. The Bertz CT molecular complexity index is 1080. The van der Waals surface area contributed by atoms with Gasteiger partial charge in [-0.1, -0.05) is 0 Å². The van der Waals surface area contributed by atoms with E-state index in [1.165, 1.54) is 26.2 Å². The van der Waals surface area contributed by atoms with Gasteiger partial charge in [-0.25, -0.2) is 9.59 Å². The minimum atomic E-state index is -1.38. The number of nitrogens with two attached hydrogens (primary N) is 1. The fourth-order valence-electron chi connectivity index (χ4n) is 2.99. The average molecular weight is 420 g/mol. The molecule has 4 N–H and O–H groups in total. The molecule has 3 atom stereocenters. The molecule has 1 aromatic carbocycles. The highest BCUT2D eigenvalue weighted by Gasteiger charge is 2.43. The molecule has 30 heavy (non-hydrogen) atoms. The molecule has 0 fully saturated rings. The highest BCUT2D eigenvalue weighted by atomic mass is 16.7. The minimum Gasteiger partial charge on any atom is -0.495 e. The van der Waals surface area contributed by atoms with Crippen LogP contribution in [0.15, 0.2) is 45.0 Å². The summed E-state index contributed by atoms with van der Waals surface area (Å²) in [6, 6.07) is 6.01. The number of anilines is 1. The van der Waals surface area contributed by atoms with E-state index in [4.69, 9.17) is 29.1 Å². The SMILES string of the molecule is COC1=C(C)OC(Oc2ccc3cc(NC(C)=O)c(=O)oc3c2)C(OC(N)=O)C1O. The van der Waals surface area contributed by atoms with E-state index in [1.807, 2.05) is 0 Å². The van der Waals surface area contributed by atoms with Crippen LogP contribution in [0.3, 0.4) is 0 Å². The third kappa shape index (κ3) is 4.30. The number of nitrogens with one attached hydrogen (secondary N) is 1. The van der Waals surface area contributed by atoms with Gasteiger partial charge in [-0.15, -0.1) is 0 Å². The standard InChI is InChI=1S/C19H20N2O9/c1-8-15(26-3)14(23)16(30-19(20)25)18(27-8)28-11-5-4-10-6-12(21-9(2)22)17(24)29-13(10)7-11/h4-7,14,16,18,23H,1-3H3,(H2,20,25)(H,21,22). The van der Waals surface area contributed by atoms with Gasteiger partial charge < -0.3 is 39.5 Å². The Morgan fingerprint density at radius 3 is 2.63 bits per heavy atom. The number of benzene rings is 1. The zero-order valence-corrected chi connectivity index (χ0v) is 16.3. The van der Waals surface area contributed by atoms with Gasteiger partial charge in [0.2, 0.25) is 12.0 Å². The lowest BCUT2D eigenvalue weighted by Gasteiger charge is -2.35. The number of hydrogen-bond donors (Lipinski definition) is 3. The summed E-state index contributed by atoms with van der Waals surface area (Å²) in [6.45, 7) is 2.82. The molecule has 1 aromatic heterocycles. The quantitative estimate of drug-likeness (QED) is 0.604. The Kier molecular flexibility index (Phi) is 5.83. The first kappa shape index (κ1) is 21.0. The van der Waals surface area contributed by atoms with Crippen LogP contribution in [0.4, 0.5) is 10.5 Å². The molecule has 0 spiro atoms.